The lowest BCUT2D eigenvalue weighted by Gasteiger charge is -2.04. The van der Waals surface area contributed by atoms with Gasteiger partial charge in [0.15, 0.2) is 0 Å². The first-order valence-electron chi connectivity index (χ1n) is 6.77. The van der Waals surface area contributed by atoms with Crippen LogP contribution in [0.4, 0.5) is 0 Å². The molecule has 0 aliphatic carbocycles. The molecule has 128 valence electrons. The van der Waals surface area contributed by atoms with Crippen molar-refractivity contribution in [3.8, 4) is 0 Å². The molecule has 0 unspecified atom stereocenters. The number of ketones is 2. The first-order chi connectivity index (χ1) is 11.9. The van der Waals surface area contributed by atoms with Crippen molar-refractivity contribution < 1.29 is 22.4 Å². The minimum Gasteiger partial charge on any atom is -0.467 e. The summed E-state index contributed by atoms with van der Waals surface area (Å²) < 4.78 is 30.4. The molecule has 3 aromatic rings. The number of H-pyrrole nitrogens is 1. The van der Waals surface area contributed by atoms with Crippen LogP contribution in [0.2, 0.25) is 5.02 Å². The Labute approximate surface area is 145 Å². The van der Waals surface area contributed by atoms with Crippen LogP contribution in [0.15, 0.2) is 50.8 Å². The topological polar surface area (TPSA) is 136 Å². The van der Waals surface area contributed by atoms with Crippen molar-refractivity contribution in [3.63, 3.8) is 0 Å². The fraction of sp³-hybridized carbons (Fsp3) is 0.0714. The van der Waals surface area contributed by atoms with Crippen molar-refractivity contribution in [1.82, 2.24) is 20.6 Å². The van der Waals surface area contributed by atoms with Crippen molar-refractivity contribution in [2.75, 3.05) is 0 Å². The number of nitrogens with zero attached hydrogens (tertiary/aromatic N) is 3. The second-order valence-corrected chi connectivity index (χ2v) is 7.18. The van der Waals surface area contributed by atoms with Crippen LogP contribution >= 0.6 is 11.6 Å². The number of aromatic nitrogens is 4. The molecule has 0 saturated carbocycles. The van der Waals surface area contributed by atoms with Gasteiger partial charge in [-0.2, -0.15) is 5.21 Å². The summed E-state index contributed by atoms with van der Waals surface area (Å²) in [5.41, 5.74) is 0. The van der Waals surface area contributed by atoms with Crippen LogP contribution in [0, 0.1) is 0 Å². The summed E-state index contributed by atoms with van der Waals surface area (Å²) in [6.45, 7) is 0. The van der Waals surface area contributed by atoms with Crippen LogP contribution in [-0.2, 0) is 21.1 Å². The number of nitrogens with one attached hydrogen (secondary N) is 1. The van der Waals surface area contributed by atoms with Gasteiger partial charge < -0.3 is 4.42 Å². The normalized spacial score (nSPS) is 11.4. The first-order valence-corrected chi connectivity index (χ1v) is 8.63. The molecule has 25 heavy (non-hydrogen) atoms. The third-order valence-electron chi connectivity index (χ3n) is 3.24. The number of benzene rings is 1. The molecule has 1 N–H and O–H groups in total. The number of rotatable bonds is 6. The van der Waals surface area contributed by atoms with Crippen LogP contribution in [0.3, 0.4) is 0 Å². The van der Waals surface area contributed by atoms with Gasteiger partial charge in [0, 0.05) is 5.02 Å². The Morgan fingerprint density at radius 3 is 2.52 bits per heavy atom. The van der Waals surface area contributed by atoms with E-state index in [9.17, 15) is 18.0 Å². The molecule has 9 nitrogen and oxygen atoms in total. The summed E-state index contributed by atoms with van der Waals surface area (Å²) in [5, 5.41) is 12.5. The zero-order chi connectivity index (χ0) is 18.0. The van der Waals surface area contributed by atoms with Gasteiger partial charge in [0.05, 0.1) is 17.6 Å². The smallest absolute Gasteiger partial charge is 0.269 e. The second kappa shape index (κ2) is 6.57. The van der Waals surface area contributed by atoms with E-state index in [0.29, 0.717) is 5.02 Å². The number of hydrogen-bond donors (Lipinski definition) is 1. The minimum atomic E-state index is -3.93. The van der Waals surface area contributed by atoms with Gasteiger partial charge in [-0.05, 0) is 35.5 Å². The van der Waals surface area contributed by atoms with Crippen molar-refractivity contribution in [1.29, 1.82) is 0 Å². The Balaban J connectivity index is 1.89. The zero-order valence-corrected chi connectivity index (χ0v) is 13.9. The van der Waals surface area contributed by atoms with Crippen molar-refractivity contribution in [3.05, 3.63) is 53.2 Å². The summed E-state index contributed by atoms with van der Waals surface area (Å²) in [6.07, 6.45) is 0.576. The number of carbonyl (C=O) groups excluding carboxylic acids is 2. The molecule has 0 atom stereocenters. The van der Waals surface area contributed by atoms with Crippen LogP contribution < -0.4 is 0 Å². The van der Waals surface area contributed by atoms with Crippen LogP contribution in [0.25, 0.3) is 0 Å². The van der Waals surface area contributed by atoms with Crippen molar-refractivity contribution in [2.45, 2.75) is 16.2 Å². The Morgan fingerprint density at radius 2 is 1.88 bits per heavy atom. The molecule has 0 aliphatic heterocycles. The average Bonchev–Trinajstić information content (AvgIpc) is 3.26. The maximum atomic E-state index is 12.7. The van der Waals surface area contributed by atoms with E-state index in [1.54, 1.807) is 0 Å². The van der Waals surface area contributed by atoms with Crippen molar-refractivity contribution in [2.24, 2.45) is 0 Å². The Morgan fingerprint density at radius 1 is 1.16 bits per heavy atom. The van der Waals surface area contributed by atoms with E-state index in [2.05, 4.69) is 20.6 Å². The van der Waals surface area contributed by atoms with E-state index >= 15 is 0 Å². The van der Waals surface area contributed by atoms with Crippen LogP contribution in [0.5, 0.6) is 0 Å². The minimum absolute atomic E-state index is 0.0171. The third-order valence-corrected chi connectivity index (χ3v) is 5.33. The Kier molecular flexibility index (Phi) is 4.47. The molecular formula is C14H9ClN4O5S. The molecular weight excluding hydrogens is 372 g/mol. The predicted octanol–water partition coefficient (Wildman–Crippen LogP) is 1.27. The lowest BCUT2D eigenvalue weighted by atomic mass is 10.1. The second-order valence-electron chi connectivity index (χ2n) is 4.83. The highest BCUT2D eigenvalue weighted by molar-refractivity contribution is 7.91. The molecule has 0 bridgehead atoms. The van der Waals surface area contributed by atoms with Gasteiger partial charge in [-0.25, -0.2) is 8.42 Å². The molecule has 0 aliphatic rings. The molecule has 2 heterocycles. The molecule has 0 saturated heterocycles. The van der Waals surface area contributed by atoms with E-state index in [1.165, 1.54) is 30.3 Å². The predicted molar refractivity (Wildman–Crippen MR) is 82.8 cm³/mol. The highest BCUT2D eigenvalue weighted by Crippen LogP contribution is 2.26. The summed E-state index contributed by atoms with van der Waals surface area (Å²) in [6, 6.07) is 6.74. The molecule has 0 spiro atoms. The SMILES string of the molecule is O=C(Cc1occc1S(=O)(=O)c1ccc(Cl)cc1)C(=O)c1nn[nH]n1. The largest absolute Gasteiger partial charge is 0.467 e. The van der Waals surface area contributed by atoms with E-state index < -0.39 is 33.6 Å². The van der Waals surface area contributed by atoms with Gasteiger partial charge in [0.2, 0.25) is 21.4 Å². The Hall–Kier alpha value is -2.85. The van der Waals surface area contributed by atoms with Crippen LogP contribution in [0.1, 0.15) is 16.4 Å². The molecule has 1 aromatic carbocycles. The quantitative estimate of drug-likeness (QED) is 0.498. The lowest BCUT2D eigenvalue weighted by Crippen LogP contribution is -2.19. The summed E-state index contributed by atoms with van der Waals surface area (Å²) >= 11 is 5.76. The van der Waals surface area contributed by atoms with Gasteiger partial charge in [0.25, 0.3) is 5.78 Å². The molecule has 0 fully saturated rings. The number of aromatic amines is 1. The number of hydrogen-bond acceptors (Lipinski definition) is 8. The highest BCUT2D eigenvalue weighted by Gasteiger charge is 2.28. The number of halogens is 1. The van der Waals surface area contributed by atoms with E-state index in [1.807, 2.05) is 0 Å². The summed E-state index contributed by atoms with van der Waals surface area (Å²) in [7, 11) is -3.93. The summed E-state index contributed by atoms with van der Waals surface area (Å²) in [4.78, 5) is 23.7. The fourth-order valence-corrected chi connectivity index (χ4v) is 3.58. The standard InChI is InChI=1S/C14H9ClN4O5S/c15-8-1-3-9(4-2-8)25(22,23)12-5-6-24-11(12)7-10(20)13(21)14-16-18-19-17-14/h1-6H,7H2,(H,16,17,18,19). The van der Waals surface area contributed by atoms with Gasteiger partial charge in [0.1, 0.15) is 10.7 Å². The monoisotopic (exact) mass is 380 g/mol. The Bertz CT molecular complexity index is 1030. The number of carbonyl (C=O) groups is 2. The molecule has 2 aromatic heterocycles. The van der Waals surface area contributed by atoms with Crippen LogP contribution in [-0.4, -0.2) is 40.6 Å². The maximum absolute atomic E-state index is 12.7. The zero-order valence-electron chi connectivity index (χ0n) is 12.3. The average molecular weight is 381 g/mol. The lowest BCUT2D eigenvalue weighted by molar-refractivity contribution is -0.114. The van der Waals surface area contributed by atoms with Gasteiger partial charge in [-0.15, -0.1) is 10.2 Å². The molecule has 0 amide bonds. The maximum Gasteiger partial charge on any atom is 0.269 e. The van der Waals surface area contributed by atoms with E-state index in [0.717, 1.165) is 6.26 Å². The van der Waals surface area contributed by atoms with Gasteiger partial charge in [-0.3, -0.25) is 9.59 Å². The highest BCUT2D eigenvalue weighted by atomic mass is 35.5. The number of Topliss-reactive ketones (excluding diaryl/α,β-unsaturated/α-hetero) is 2. The van der Waals surface area contributed by atoms with Gasteiger partial charge in [-0.1, -0.05) is 11.6 Å². The van der Waals surface area contributed by atoms with E-state index in [4.69, 9.17) is 16.0 Å². The fourth-order valence-electron chi connectivity index (χ4n) is 2.05. The number of tetrazole rings is 1. The first kappa shape index (κ1) is 17.0. The third kappa shape index (κ3) is 3.35. The molecule has 11 heteroatoms. The van der Waals surface area contributed by atoms with Crippen molar-refractivity contribution >= 4 is 33.0 Å². The molecule has 3 rings (SSSR count). The van der Waals surface area contributed by atoms with Gasteiger partial charge >= 0.3 is 0 Å². The van der Waals surface area contributed by atoms with E-state index in [-0.39, 0.29) is 15.6 Å². The molecule has 0 radical (unpaired) electrons. The number of furan rings is 1. The number of sulfone groups is 1. The summed E-state index contributed by atoms with van der Waals surface area (Å²) in [5.74, 6) is -2.49.